The summed E-state index contributed by atoms with van der Waals surface area (Å²) in [6.45, 7) is 2.08. The van der Waals surface area contributed by atoms with E-state index >= 15 is 0 Å². The molecule has 2 amide bonds. The van der Waals surface area contributed by atoms with Gasteiger partial charge in [0, 0.05) is 23.5 Å². The van der Waals surface area contributed by atoms with Gasteiger partial charge >= 0.3 is 0 Å². The Morgan fingerprint density at radius 3 is 2.59 bits per heavy atom. The second-order valence-electron chi connectivity index (χ2n) is 5.22. The third kappa shape index (κ3) is 2.76. The largest absolute Gasteiger partial charge is 0.324 e. The van der Waals surface area contributed by atoms with Crippen molar-refractivity contribution in [1.29, 1.82) is 0 Å². The summed E-state index contributed by atoms with van der Waals surface area (Å²) in [5.74, 6) is -0.201. The Balaban J connectivity index is 2.03. The molecule has 1 aliphatic rings. The fraction of sp³-hybridized carbons (Fsp3) is 0.176. The van der Waals surface area contributed by atoms with Crippen molar-refractivity contribution in [2.45, 2.75) is 13.3 Å². The lowest BCUT2D eigenvalue weighted by atomic mass is 10.1. The molecule has 0 aliphatic carbocycles. The molecule has 0 unspecified atom stereocenters. The molecule has 0 fully saturated rings. The molecule has 3 rings (SSSR count). The van der Waals surface area contributed by atoms with Gasteiger partial charge in [-0.25, -0.2) is 0 Å². The summed E-state index contributed by atoms with van der Waals surface area (Å²) in [4.78, 5) is 25.9. The van der Waals surface area contributed by atoms with E-state index in [1.807, 2.05) is 30.3 Å². The number of nitrogens with one attached hydrogen (secondary N) is 1. The topological polar surface area (TPSA) is 49.4 Å². The zero-order valence-electron chi connectivity index (χ0n) is 12.1. The van der Waals surface area contributed by atoms with Crippen LogP contribution in [0.1, 0.15) is 22.8 Å². The third-order valence-corrected chi connectivity index (χ3v) is 4.06. The van der Waals surface area contributed by atoms with Gasteiger partial charge in [-0.05, 0) is 36.2 Å². The van der Waals surface area contributed by atoms with Gasteiger partial charge in [-0.3, -0.25) is 9.59 Å². The summed E-state index contributed by atoms with van der Waals surface area (Å²) in [5, 5.41) is 2.82. The van der Waals surface area contributed by atoms with Crippen LogP contribution in [-0.2, 0) is 11.2 Å². The number of nitrogens with zero attached hydrogens (tertiary/aromatic N) is 1. The lowest BCUT2D eigenvalue weighted by molar-refractivity contribution is -0.114. The first-order valence-corrected chi connectivity index (χ1v) is 7.82. The van der Waals surface area contributed by atoms with Gasteiger partial charge in [-0.15, -0.1) is 0 Å². The Bertz CT molecular complexity index is 744. The molecule has 4 nitrogen and oxygen atoms in total. The standard InChI is InChI=1S/C17H15BrN2O2/c1-11(21)19-15-10-14(18)9-13-7-8-20(16(13)15)17(22)12-5-3-2-4-6-12/h2-6,9-10H,7-8H2,1H3,(H,19,21). The summed E-state index contributed by atoms with van der Waals surface area (Å²) in [6.07, 6.45) is 0.778. The van der Waals surface area contributed by atoms with Gasteiger partial charge in [0.25, 0.3) is 5.91 Å². The minimum Gasteiger partial charge on any atom is -0.324 e. The van der Waals surface area contributed by atoms with Gasteiger partial charge in [-0.1, -0.05) is 34.1 Å². The summed E-state index contributed by atoms with van der Waals surface area (Å²) in [6, 6.07) is 13.0. The molecule has 0 radical (unpaired) electrons. The van der Waals surface area contributed by atoms with Crippen molar-refractivity contribution >= 4 is 39.1 Å². The zero-order chi connectivity index (χ0) is 15.7. The molecule has 1 aliphatic heterocycles. The van der Waals surface area contributed by atoms with Crippen LogP contribution < -0.4 is 10.2 Å². The van der Waals surface area contributed by atoms with Gasteiger partial charge < -0.3 is 10.2 Å². The second kappa shape index (κ2) is 5.93. The van der Waals surface area contributed by atoms with Gasteiger partial charge in [0.2, 0.25) is 5.91 Å². The highest BCUT2D eigenvalue weighted by Gasteiger charge is 2.29. The van der Waals surface area contributed by atoms with Crippen molar-refractivity contribution < 1.29 is 9.59 Å². The van der Waals surface area contributed by atoms with Gasteiger partial charge in [0.05, 0.1) is 11.4 Å². The number of benzene rings is 2. The highest BCUT2D eigenvalue weighted by molar-refractivity contribution is 9.10. The summed E-state index contributed by atoms with van der Waals surface area (Å²) < 4.78 is 0.893. The van der Waals surface area contributed by atoms with Crippen LogP contribution in [0.3, 0.4) is 0 Å². The minimum absolute atomic E-state index is 0.0479. The second-order valence-corrected chi connectivity index (χ2v) is 6.13. The highest BCUT2D eigenvalue weighted by Crippen LogP contribution is 2.39. The predicted molar refractivity (Wildman–Crippen MR) is 90.3 cm³/mol. The van der Waals surface area contributed by atoms with Crippen LogP contribution in [0.5, 0.6) is 0 Å². The molecule has 22 heavy (non-hydrogen) atoms. The van der Waals surface area contributed by atoms with E-state index in [0.717, 1.165) is 22.1 Å². The zero-order valence-corrected chi connectivity index (χ0v) is 13.7. The molecule has 112 valence electrons. The molecule has 2 aromatic rings. The van der Waals surface area contributed by atoms with Gasteiger partial charge in [0.1, 0.15) is 0 Å². The van der Waals surface area contributed by atoms with Crippen LogP contribution in [-0.4, -0.2) is 18.4 Å². The highest BCUT2D eigenvalue weighted by atomic mass is 79.9. The predicted octanol–water partition coefficient (Wildman–Crippen LogP) is 3.61. The number of fused-ring (bicyclic) bond motifs is 1. The number of carbonyl (C=O) groups excluding carboxylic acids is 2. The van der Waals surface area contributed by atoms with Crippen molar-refractivity contribution in [2.75, 3.05) is 16.8 Å². The molecule has 0 spiro atoms. The first kappa shape index (κ1) is 14.8. The van der Waals surface area contributed by atoms with E-state index in [4.69, 9.17) is 0 Å². The molecular formula is C17H15BrN2O2. The lowest BCUT2D eigenvalue weighted by Crippen LogP contribution is -2.29. The first-order valence-electron chi connectivity index (χ1n) is 7.03. The smallest absolute Gasteiger partial charge is 0.258 e. The Morgan fingerprint density at radius 1 is 1.18 bits per heavy atom. The molecule has 0 saturated carbocycles. The average Bonchev–Trinajstić information content (AvgIpc) is 2.90. The van der Waals surface area contributed by atoms with Gasteiger partial charge in [-0.2, -0.15) is 0 Å². The van der Waals surface area contributed by atoms with E-state index in [9.17, 15) is 9.59 Å². The van der Waals surface area contributed by atoms with E-state index < -0.39 is 0 Å². The van der Waals surface area contributed by atoms with Crippen LogP contribution in [0.2, 0.25) is 0 Å². The van der Waals surface area contributed by atoms with E-state index in [-0.39, 0.29) is 11.8 Å². The number of hydrogen-bond donors (Lipinski definition) is 1. The average molecular weight is 359 g/mol. The maximum Gasteiger partial charge on any atom is 0.258 e. The number of rotatable bonds is 2. The number of halogens is 1. The van der Waals surface area contributed by atoms with Crippen LogP contribution in [0.25, 0.3) is 0 Å². The van der Waals surface area contributed by atoms with Crippen molar-refractivity contribution in [1.82, 2.24) is 0 Å². The van der Waals surface area contributed by atoms with Crippen LogP contribution >= 0.6 is 15.9 Å². The minimum atomic E-state index is -0.153. The van der Waals surface area contributed by atoms with E-state index in [1.165, 1.54) is 6.92 Å². The third-order valence-electron chi connectivity index (χ3n) is 3.60. The van der Waals surface area contributed by atoms with Crippen molar-refractivity contribution in [2.24, 2.45) is 0 Å². The summed E-state index contributed by atoms with van der Waals surface area (Å²) in [5.41, 5.74) is 3.17. The molecule has 0 atom stereocenters. The Morgan fingerprint density at radius 2 is 1.91 bits per heavy atom. The molecular weight excluding hydrogens is 344 g/mol. The first-order chi connectivity index (χ1) is 10.6. The maximum absolute atomic E-state index is 12.7. The fourth-order valence-corrected chi connectivity index (χ4v) is 3.24. The molecule has 1 N–H and O–H groups in total. The number of amides is 2. The Hall–Kier alpha value is -2.14. The van der Waals surface area contributed by atoms with Gasteiger partial charge in [0.15, 0.2) is 0 Å². The summed E-state index contributed by atoms with van der Waals surface area (Å²) >= 11 is 3.45. The maximum atomic E-state index is 12.7. The molecule has 0 aromatic heterocycles. The monoisotopic (exact) mass is 358 g/mol. The Labute approximate surface area is 137 Å². The van der Waals surface area contributed by atoms with Crippen LogP contribution in [0, 0.1) is 0 Å². The van der Waals surface area contributed by atoms with Crippen LogP contribution in [0.4, 0.5) is 11.4 Å². The molecule has 1 heterocycles. The van der Waals surface area contributed by atoms with Crippen molar-refractivity contribution in [3.05, 3.63) is 58.1 Å². The molecule has 5 heteroatoms. The molecule has 0 saturated heterocycles. The van der Waals surface area contributed by atoms with E-state index in [0.29, 0.717) is 17.8 Å². The molecule has 2 aromatic carbocycles. The van der Waals surface area contributed by atoms with E-state index in [1.54, 1.807) is 17.0 Å². The van der Waals surface area contributed by atoms with E-state index in [2.05, 4.69) is 21.2 Å². The number of hydrogen-bond acceptors (Lipinski definition) is 2. The quantitative estimate of drug-likeness (QED) is 0.891. The van der Waals surface area contributed by atoms with Crippen molar-refractivity contribution in [3.8, 4) is 0 Å². The normalized spacial score (nSPS) is 12.9. The molecule has 0 bridgehead atoms. The number of carbonyl (C=O) groups is 2. The van der Waals surface area contributed by atoms with Crippen molar-refractivity contribution in [3.63, 3.8) is 0 Å². The SMILES string of the molecule is CC(=O)Nc1cc(Br)cc2c1N(C(=O)c1ccccc1)CC2. The fourth-order valence-electron chi connectivity index (χ4n) is 2.73. The Kier molecular flexibility index (Phi) is 3.98. The van der Waals surface area contributed by atoms with Crippen LogP contribution in [0.15, 0.2) is 46.9 Å². The lowest BCUT2D eigenvalue weighted by Gasteiger charge is -2.21. The summed E-state index contributed by atoms with van der Waals surface area (Å²) in [7, 11) is 0. The number of anilines is 2.